The maximum absolute atomic E-state index is 14.5. The van der Waals surface area contributed by atoms with Crippen molar-refractivity contribution in [3.63, 3.8) is 0 Å². The quantitative estimate of drug-likeness (QED) is 0.220. The molecule has 1 N–H and O–H groups in total. The number of unbranched alkanes of at least 4 members (excludes halogenated alkanes) is 2. The van der Waals surface area contributed by atoms with E-state index in [-0.39, 0.29) is 31.6 Å². The van der Waals surface area contributed by atoms with Crippen LogP contribution >= 0.6 is 11.6 Å². The summed E-state index contributed by atoms with van der Waals surface area (Å²) < 4.78 is 12.3. The number of ether oxygens (including phenoxy) is 2. The van der Waals surface area contributed by atoms with Crippen LogP contribution < -0.4 is 4.90 Å². The van der Waals surface area contributed by atoms with Gasteiger partial charge in [0.05, 0.1) is 41.5 Å². The van der Waals surface area contributed by atoms with Crippen molar-refractivity contribution in [2.75, 3.05) is 24.7 Å². The van der Waals surface area contributed by atoms with Gasteiger partial charge in [-0.2, -0.15) is 0 Å². The van der Waals surface area contributed by atoms with E-state index >= 15 is 0 Å². The lowest BCUT2D eigenvalue weighted by atomic mass is 9.66. The van der Waals surface area contributed by atoms with Gasteiger partial charge in [0.25, 0.3) is 5.91 Å². The number of carbonyl (C=O) groups is 3. The summed E-state index contributed by atoms with van der Waals surface area (Å²) in [6.07, 6.45) is 7.16. The number of allylic oxidation sites excluding steroid dienone is 1. The van der Waals surface area contributed by atoms with Gasteiger partial charge in [-0.05, 0) is 57.6 Å². The fourth-order valence-electron chi connectivity index (χ4n) is 6.72. The summed E-state index contributed by atoms with van der Waals surface area (Å²) in [4.78, 5) is 45.2. The third-order valence-electron chi connectivity index (χ3n) is 8.55. The van der Waals surface area contributed by atoms with Gasteiger partial charge < -0.3 is 24.4 Å². The number of likely N-dealkylation sites (tertiary alicyclic amines) is 1. The highest BCUT2D eigenvalue weighted by molar-refractivity contribution is 6.34. The molecule has 39 heavy (non-hydrogen) atoms. The van der Waals surface area contributed by atoms with Crippen molar-refractivity contribution in [3.05, 3.63) is 54.6 Å². The van der Waals surface area contributed by atoms with Gasteiger partial charge in [0.2, 0.25) is 5.91 Å². The minimum absolute atomic E-state index is 0.158. The molecule has 6 atom stereocenters. The second-order valence-corrected chi connectivity index (χ2v) is 11.3. The molecule has 0 aliphatic carbocycles. The standard InChI is InChI=1S/C30H39ClN2O6/c1-5-8-9-12-18-38-28(37)24-23-26(35)33(20(7-3)19-34)25(30(23)16-15-29(24,4)39-30)27(36)32(17-6-2)22-14-11-10-13-21(22)31/h5-6,10-11,13-14,20,23-25,34H,1-2,7-9,12,15-19H2,3-4H3/t20-,23-,24-,25?,29+,30?/m0/s1. The summed E-state index contributed by atoms with van der Waals surface area (Å²) in [6.45, 7) is 11.3. The maximum Gasteiger partial charge on any atom is 0.312 e. The molecule has 3 aliphatic rings. The van der Waals surface area contributed by atoms with Crippen molar-refractivity contribution in [3.8, 4) is 0 Å². The monoisotopic (exact) mass is 558 g/mol. The Kier molecular flexibility index (Phi) is 8.88. The number of anilines is 1. The highest BCUT2D eigenvalue weighted by Gasteiger charge is 2.79. The first-order chi connectivity index (χ1) is 18.7. The van der Waals surface area contributed by atoms with Gasteiger partial charge in [-0.3, -0.25) is 14.4 Å². The second kappa shape index (κ2) is 11.8. The first kappa shape index (κ1) is 29.3. The number of esters is 1. The number of para-hydroxylation sites is 1. The van der Waals surface area contributed by atoms with E-state index in [4.69, 9.17) is 21.1 Å². The van der Waals surface area contributed by atoms with Crippen LogP contribution in [0.15, 0.2) is 49.6 Å². The molecule has 3 heterocycles. The number of hydrogen-bond donors (Lipinski definition) is 1. The molecule has 1 aromatic rings. The van der Waals surface area contributed by atoms with Gasteiger partial charge in [-0.15, -0.1) is 13.2 Å². The molecule has 1 aromatic carbocycles. The Morgan fingerprint density at radius 2 is 2.03 bits per heavy atom. The lowest BCUT2D eigenvalue weighted by Gasteiger charge is -2.39. The predicted octanol–water partition coefficient (Wildman–Crippen LogP) is 4.29. The summed E-state index contributed by atoms with van der Waals surface area (Å²) in [6, 6.07) is 5.33. The summed E-state index contributed by atoms with van der Waals surface area (Å²) >= 11 is 6.50. The van der Waals surface area contributed by atoms with Crippen molar-refractivity contribution in [1.82, 2.24) is 4.90 Å². The number of aliphatic hydroxyl groups excluding tert-OH is 1. The van der Waals surface area contributed by atoms with Crippen LogP contribution in [0.2, 0.25) is 5.02 Å². The fourth-order valence-corrected chi connectivity index (χ4v) is 6.95. The Balaban J connectivity index is 1.74. The Labute approximate surface area is 235 Å². The van der Waals surface area contributed by atoms with Crippen LogP contribution in [0.25, 0.3) is 0 Å². The normalized spacial score (nSPS) is 29.7. The Bertz CT molecular complexity index is 1120. The SMILES string of the molecule is C=CCCCCOC(=O)[C@@H]1[C@H]2C(=O)N([C@@H](CC)CO)C(C(=O)N(CC=C)c3ccccc3Cl)C23CC[C@@]1(C)O3. The molecule has 8 nitrogen and oxygen atoms in total. The van der Waals surface area contributed by atoms with Crippen LogP contribution in [-0.4, -0.2) is 70.8 Å². The zero-order chi connectivity index (χ0) is 28.4. The van der Waals surface area contributed by atoms with Crippen molar-refractivity contribution >= 4 is 35.1 Å². The number of amides is 2. The van der Waals surface area contributed by atoms with Crippen LogP contribution in [0.5, 0.6) is 0 Å². The molecule has 3 fully saturated rings. The predicted molar refractivity (Wildman–Crippen MR) is 149 cm³/mol. The van der Waals surface area contributed by atoms with E-state index in [9.17, 15) is 19.5 Å². The Hall–Kier alpha value is -2.68. The van der Waals surface area contributed by atoms with Crippen LogP contribution in [0, 0.1) is 11.8 Å². The van der Waals surface area contributed by atoms with Crippen molar-refractivity contribution in [1.29, 1.82) is 0 Å². The second-order valence-electron chi connectivity index (χ2n) is 10.9. The van der Waals surface area contributed by atoms with E-state index in [2.05, 4.69) is 13.2 Å². The number of carbonyl (C=O) groups excluding carboxylic acids is 3. The van der Waals surface area contributed by atoms with Crippen molar-refractivity contribution in [2.24, 2.45) is 11.8 Å². The number of aliphatic hydroxyl groups is 1. The average molecular weight is 559 g/mol. The van der Waals surface area contributed by atoms with Crippen molar-refractivity contribution < 1.29 is 29.0 Å². The molecule has 212 valence electrons. The van der Waals surface area contributed by atoms with E-state index in [1.165, 1.54) is 9.80 Å². The highest BCUT2D eigenvalue weighted by Crippen LogP contribution is 2.64. The third kappa shape index (κ3) is 4.92. The number of hydrogen-bond acceptors (Lipinski definition) is 6. The number of rotatable bonds is 13. The lowest BCUT2D eigenvalue weighted by molar-refractivity contribution is -0.160. The lowest BCUT2D eigenvalue weighted by Crippen LogP contribution is -2.59. The van der Waals surface area contributed by atoms with Crippen molar-refractivity contribution in [2.45, 2.75) is 75.7 Å². The first-order valence-corrected chi connectivity index (χ1v) is 14.2. The van der Waals surface area contributed by atoms with E-state index in [0.29, 0.717) is 36.4 Å². The van der Waals surface area contributed by atoms with Crippen LogP contribution in [0.1, 0.15) is 52.4 Å². The molecular formula is C30H39ClN2O6. The molecule has 3 saturated heterocycles. The molecular weight excluding hydrogens is 520 g/mol. The zero-order valence-corrected chi connectivity index (χ0v) is 23.6. The largest absolute Gasteiger partial charge is 0.465 e. The molecule has 4 rings (SSSR count). The first-order valence-electron chi connectivity index (χ1n) is 13.8. The van der Waals surface area contributed by atoms with Crippen LogP contribution in [-0.2, 0) is 23.9 Å². The fraction of sp³-hybridized carbons (Fsp3) is 0.567. The summed E-state index contributed by atoms with van der Waals surface area (Å²) in [5.41, 5.74) is -1.67. The number of benzene rings is 1. The van der Waals surface area contributed by atoms with Gasteiger partial charge in [-0.1, -0.05) is 42.8 Å². The highest BCUT2D eigenvalue weighted by atomic mass is 35.5. The molecule has 2 unspecified atom stereocenters. The average Bonchev–Trinajstić information content (AvgIpc) is 3.49. The van der Waals surface area contributed by atoms with E-state index in [1.807, 2.05) is 19.9 Å². The molecule has 0 saturated carbocycles. The minimum atomic E-state index is -1.22. The molecule has 0 aromatic heterocycles. The summed E-state index contributed by atoms with van der Waals surface area (Å²) in [5.74, 6) is -2.95. The molecule has 1 spiro atoms. The minimum Gasteiger partial charge on any atom is -0.465 e. The van der Waals surface area contributed by atoms with Crippen LogP contribution in [0.3, 0.4) is 0 Å². The molecule has 2 bridgehead atoms. The topological polar surface area (TPSA) is 96.4 Å². The van der Waals surface area contributed by atoms with Gasteiger partial charge in [0.15, 0.2) is 0 Å². The van der Waals surface area contributed by atoms with E-state index in [0.717, 1.165) is 12.8 Å². The van der Waals surface area contributed by atoms with Gasteiger partial charge in [-0.25, -0.2) is 0 Å². The smallest absolute Gasteiger partial charge is 0.312 e. The molecule has 3 aliphatic heterocycles. The maximum atomic E-state index is 14.5. The van der Waals surface area contributed by atoms with Crippen LogP contribution in [0.4, 0.5) is 5.69 Å². The Morgan fingerprint density at radius 1 is 1.28 bits per heavy atom. The van der Waals surface area contributed by atoms with E-state index < -0.39 is 41.1 Å². The van der Waals surface area contributed by atoms with E-state index in [1.54, 1.807) is 30.3 Å². The van der Waals surface area contributed by atoms with Gasteiger partial charge in [0, 0.05) is 6.54 Å². The summed E-state index contributed by atoms with van der Waals surface area (Å²) in [7, 11) is 0. The van der Waals surface area contributed by atoms with Gasteiger partial charge in [0.1, 0.15) is 17.6 Å². The molecule has 0 radical (unpaired) electrons. The number of halogens is 1. The number of nitrogens with zero attached hydrogens (tertiary/aromatic N) is 2. The summed E-state index contributed by atoms with van der Waals surface area (Å²) in [5, 5.41) is 10.6. The zero-order valence-electron chi connectivity index (χ0n) is 22.8. The molecule has 9 heteroatoms. The number of fused-ring (bicyclic) bond motifs is 1. The van der Waals surface area contributed by atoms with Gasteiger partial charge >= 0.3 is 5.97 Å². The molecule has 2 amide bonds. The Morgan fingerprint density at radius 3 is 2.67 bits per heavy atom. The third-order valence-corrected chi connectivity index (χ3v) is 8.87.